The third-order valence-corrected chi connectivity index (χ3v) is 2.72. The normalized spacial score (nSPS) is 28.7. The Hall–Kier alpha value is -0.260. The molecule has 0 aromatic rings. The topological polar surface area (TPSA) is 0 Å². The number of hydrogen-bond donors (Lipinski definition) is 0. The lowest BCUT2D eigenvalue weighted by Gasteiger charge is -2.18. The highest BCUT2D eigenvalue weighted by molar-refractivity contribution is 4.89. The van der Waals surface area contributed by atoms with Crippen molar-refractivity contribution in [3.05, 3.63) is 12.2 Å². The van der Waals surface area contributed by atoms with Gasteiger partial charge in [-0.25, -0.2) is 0 Å². The molecule has 2 atom stereocenters. The van der Waals surface area contributed by atoms with Crippen LogP contribution in [0.2, 0.25) is 0 Å². The van der Waals surface area contributed by atoms with E-state index in [-0.39, 0.29) is 0 Å². The van der Waals surface area contributed by atoms with Gasteiger partial charge in [-0.1, -0.05) is 46.3 Å². The van der Waals surface area contributed by atoms with Crippen molar-refractivity contribution in [1.29, 1.82) is 0 Å². The van der Waals surface area contributed by atoms with Gasteiger partial charge in [-0.05, 0) is 31.1 Å². The smallest absolute Gasteiger partial charge is 0.0320 e. The summed E-state index contributed by atoms with van der Waals surface area (Å²) in [5.41, 5.74) is 0. The van der Waals surface area contributed by atoms with Crippen molar-refractivity contribution in [3.8, 4) is 0 Å². The quantitative estimate of drug-likeness (QED) is 0.509. The molecule has 0 fully saturated rings. The molecule has 0 heteroatoms. The summed E-state index contributed by atoms with van der Waals surface area (Å²) in [6.45, 7) is 8.70. The van der Waals surface area contributed by atoms with Crippen LogP contribution in [0.3, 0.4) is 0 Å². The predicted octanol–water partition coefficient (Wildman–Crippen LogP) is 4.42. The molecule has 0 aromatic carbocycles. The molecule has 0 spiro atoms. The molecular formula is C12H24. The monoisotopic (exact) mass is 168 g/mol. The van der Waals surface area contributed by atoms with Crippen LogP contribution in [0.5, 0.6) is 0 Å². The third-order valence-electron chi connectivity index (χ3n) is 2.72. The van der Waals surface area contributed by atoms with Gasteiger partial charge in [0.2, 0.25) is 0 Å². The van der Waals surface area contributed by atoms with Crippen LogP contribution >= 0.6 is 0 Å². The maximum atomic E-state index is 2.39. The summed E-state index contributed by atoms with van der Waals surface area (Å²) in [6.07, 6.45) is 10.1. The average molecular weight is 168 g/mol. The summed E-state index contributed by atoms with van der Waals surface area (Å²) in [5, 5.41) is 0. The van der Waals surface area contributed by atoms with E-state index in [1.54, 1.807) is 0 Å². The van der Waals surface area contributed by atoms with Gasteiger partial charge in [-0.2, -0.15) is 0 Å². The van der Waals surface area contributed by atoms with E-state index in [1.807, 2.05) is 13.8 Å². The lowest BCUT2D eigenvalue weighted by Crippen LogP contribution is -2.07. The summed E-state index contributed by atoms with van der Waals surface area (Å²) in [4.78, 5) is 0. The molecule has 0 aromatic heterocycles. The molecule has 0 N–H and O–H groups in total. The first-order valence-corrected chi connectivity index (χ1v) is 5.49. The van der Waals surface area contributed by atoms with Crippen molar-refractivity contribution in [1.82, 2.24) is 0 Å². The first-order chi connectivity index (χ1) is 5.84. The van der Waals surface area contributed by atoms with Gasteiger partial charge in [0.05, 0.1) is 0 Å². The zero-order valence-electron chi connectivity index (χ0n) is 9.14. The van der Waals surface area contributed by atoms with Crippen LogP contribution in [0.1, 0.15) is 53.4 Å². The summed E-state index contributed by atoms with van der Waals surface area (Å²) < 4.78 is 0. The van der Waals surface area contributed by atoms with Gasteiger partial charge in [-0.15, -0.1) is 0 Å². The van der Waals surface area contributed by atoms with Crippen molar-refractivity contribution >= 4 is 0 Å². The Morgan fingerprint density at radius 3 is 2.50 bits per heavy atom. The molecule has 0 saturated carbocycles. The van der Waals surface area contributed by atoms with Crippen LogP contribution in [0.15, 0.2) is 12.2 Å². The highest BCUT2D eigenvalue weighted by Gasteiger charge is 2.14. The van der Waals surface area contributed by atoms with Crippen molar-refractivity contribution in [2.24, 2.45) is 11.8 Å². The zero-order valence-corrected chi connectivity index (χ0v) is 9.14. The largest absolute Gasteiger partial charge is 0.0885 e. The van der Waals surface area contributed by atoms with E-state index in [9.17, 15) is 0 Å². The molecule has 12 heavy (non-hydrogen) atoms. The predicted molar refractivity (Wildman–Crippen MR) is 57.3 cm³/mol. The summed E-state index contributed by atoms with van der Waals surface area (Å²) in [6, 6.07) is 0. The fourth-order valence-electron chi connectivity index (χ4n) is 1.79. The Kier molecular flexibility index (Phi) is 7.23. The van der Waals surface area contributed by atoms with Gasteiger partial charge in [0.15, 0.2) is 0 Å². The second-order valence-electron chi connectivity index (χ2n) is 3.43. The van der Waals surface area contributed by atoms with E-state index in [0.717, 1.165) is 11.8 Å². The second kappa shape index (κ2) is 7.39. The molecule has 0 aliphatic heterocycles. The first-order valence-electron chi connectivity index (χ1n) is 5.49. The highest BCUT2D eigenvalue weighted by Crippen LogP contribution is 2.26. The zero-order chi connectivity index (χ0) is 9.40. The lowest BCUT2D eigenvalue weighted by molar-refractivity contribution is 0.340. The van der Waals surface area contributed by atoms with Gasteiger partial charge in [0.25, 0.3) is 0 Å². The molecule has 1 rings (SSSR count). The first kappa shape index (κ1) is 11.7. The van der Waals surface area contributed by atoms with E-state index in [4.69, 9.17) is 0 Å². The van der Waals surface area contributed by atoms with Crippen LogP contribution in [0, 0.1) is 11.8 Å². The van der Waals surface area contributed by atoms with Crippen molar-refractivity contribution in [3.63, 3.8) is 0 Å². The number of hydrogen-bond acceptors (Lipinski definition) is 0. The molecule has 72 valence electrons. The van der Waals surface area contributed by atoms with E-state index in [1.165, 1.54) is 25.7 Å². The molecule has 0 unspecified atom stereocenters. The maximum absolute atomic E-state index is 2.39. The number of allylic oxidation sites excluding steroid dienone is 2. The van der Waals surface area contributed by atoms with Gasteiger partial charge in [0, 0.05) is 0 Å². The molecule has 0 bridgehead atoms. The molecule has 0 heterocycles. The third kappa shape index (κ3) is 3.94. The summed E-state index contributed by atoms with van der Waals surface area (Å²) >= 11 is 0. The Morgan fingerprint density at radius 2 is 1.92 bits per heavy atom. The van der Waals surface area contributed by atoms with Gasteiger partial charge < -0.3 is 0 Å². The standard InChI is InChI=1S/C10H18.C2H6/c1-3-10-8-6-4-5-7-9(10)2;1-2/h4,6,9-10H,3,5,7-8H2,1-2H3;1-2H3/t9-,10-;/m0./s1. The maximum Gasteiger partial charge on any atom is -0.0320 e. The van der Waals surface area contributed by atoms with Gasteiger partial charge in [0.1, 0.15) is 0 Å². The van der Waals surface area contributed by atoms with Crippen LogP contribution in [-0.2, 0) is 0 Å². The van der Waals surface area contributed by atoms with Crippen LogP contribution in [-0.4, -0.2) is 0 Å². The summed E-state index contributed by atoms with van der Waals surface area (Å²) in [7, 11) is 0. The van der Waals surface area contributed by atoms with Crippen molar-refractivity contribution in [2.75, 3.05) is 0 Å². The molecule has 0 saturated heterocycles. The van der Waals surface area contributed by atoms with Crippen molar-refractivity contribution < 1.29 is 0 Å². The Labute approximate surface area is 78.1 Å². The van der Waals surface area contributed by atoms with Gasteiger partial charge >= 0.3 is 0 Å². The molecular weight excluding hydrogens is 144 g/mol. The Bertz CT molecular complexity index is 113. The molecule has 0 radical (unpaired) electrons. The molecule has 0 amide bonds. The fraction of sp³-hybridized carbons (Fsp3) is 0.833. The highest BCUT2D eigenvalue weighted by atomic mass is 14.2. The molecule has 1 aliphatic rings. The minimum atomic E-state index is 0.944. The van der Waals surface area contributed by atoms with Crippen LogP contribution in [0.4, 0.5) is 0 Å². The van der Waals surface area contributed by atoms with Crippen molar-refractivity contribution in [2.45, 2.75) is 53.4 Å². The minimum absolute atomic E-state index is 0.944. The number of rotatable bonds is 1. The molecule has 0 nitrogen and oxygen atoms in total. The second-order valence-corrected chi connectivity index (χ2v) is 3.43. The van der Waals surface area contributed by atoms with E-state index >= 15 is 0 Å². The van der Waals surface area contributed by atoms with E-state index in [2.05, 4.69) is 26.0 Å². The fourth-order valence-corrected chi connectivity index (χ4v) is 1.79. The Balaban J connectivity index is 0.000000561. The van der Waals surface area contributed by atoms with Crippen LogP contribution < -0.4 is 0 Å². The average Bonchev–Trinajstić information content (AvgIpc) is 2.33. The summed E-state index contributed by atoms with van der Waals surface area (Å²) in [5.74, 6) is 1.90. The van der Waals surface area contributed by atoms with E-state index in [0.29, 0.717) is 0 Å². The molecule has 1 aliphatic carbocycles. The van der Waals surface area contributed by atoms with E-state index < -0.39 is 0 Å². The lowest BCUT2D eigenvalue weighted by atomic mass is 9.88. The van der Waals surface area contributed by atoms with Crippen LogP contribution in [0.25, 0.3) is 0 Å². The minimum Gasteiger partial charge on any atom is -0.0885 e. The Morgan fingerprint density at radius 1 is 1.25 bits per heavy atom. The van der Waals surface area contributed by atoms with Gasteiger partial charge in [-0.3, -0.25) is 0 Å². The SMILES string of the molecule is CC.CC[C@H]1CC=CCC[C@@H]1C.